The summed E-state index contributed by atoms with van der Waals surface area (Å²) in [6, 6.07) is 15.3. The molecule has 0 atom stereocenters. The van der Waals surface area contributed by atoms with Crippen LogP contribution in [0, 0.1) is 0 Å². The summed E-state index contributed by atoms with van der Waals surface area (Å²) in [7, 11) is 0. The highest BCUT2D eigenvalue weighted by Crippen LogP contribution is 2.19. The zero-order chi connectivity index (χ0) is 15.2. The number of anilines is 2. The molecule has 22 heavy (non-hydrogen) atoms. The first kappa shape index (κ1) is 14.2. The number of nitrogens with zero attached hydrogens (tertiary/aromatic N) is 2. The van der Waals surface area contributed by atoms with Crippen molar-refractivity contribution >= 4 is 28.2 Å². The van der Waals surface area contributed by atoms with E-state index < -0.39 is 0 Å². The van der Waals surface area contributed by atoms with Gasteiger partial charge in [-0.15, -0.1) is 11.3 Å². The second-order valence-electron chi connectivity index (χ2n) is 4.55. The number of carbonyl (C=O) groups is 1. The van der Waals surface area contributed by atoms with Crippen LogP contribution in [0.25, 0.3) is 0 Å². The van der Waals surface area contributed by atoms with Crippen molar-refractivity contribution in [1.82, 2.24) is 15.3 Å². The van der Waals surface area contributed by atoms with Crippen LogP contribution < -0.4 is 10.6 Å². The number of amides is 1. The van der Waals surface area contributed by atoms with E-state index in [0.29, 0.717) is 23.2 Å². The molecule has 1 aromatic carbocycles. The minimum atomic E-state index is -0.186. The Morgan fingerprint density at radius 2 is 1.91 bits per heavy atom. The van der Waals surface area contributed by atoms with E-state index in [-0.39, 0.29) is 5.91 Å². The fraction of sp³-hybridized carbons (Fsp3) is 0.0625. The largest absolute Gasteiger partial charge is 0.347 e. The van der Waals surface area contributed by atoms with Crippen LogP contribution in [0.15, 0.2) is 60.1 Å². The highest BCUT2D eigenvalue weighted by atomic mass is 32.1. The van der Waals surface area contributed by atoms with Crippen LogP contribution in [0.1, 0.15) is 16.1 Å². The highest BCUT2D eigenvalue weighted by Gasteiger charge is 2.10. The number of carbonyl (C=O) groups excluding carboxylic acids is 1. The van der Waals surface area contributed by atoms with Crippen molar-refractivity contribution in [2.24, 2.45) is 0 Å². The standard InChI is InChI=1S/C16H14N4OS/c21-15(18-10-12-6-2-1-3-7-12)13-11-22-16(19-13)20-14-8-4-5-9-17-14/h1-9,11H,10H2,(H,18,21)(H,17,19,20). The van der Waals surface area contributed by atoms with Gasteiger partial charge in [-0.3, -0.25) is 4.79 Å². The molecule has 0 aliphatic rings. The number of thiazole rings is 1. The van der Waals surface area contributed by atoms with E-state index >= 15 is 0 Å². The number of rotatable bonds is 5. The molecule has 1 amide bonds. The lowest BCUT2D eigenvalue weighted by Gasteiger charge is -2.03. The molecule has 0 unspecified atom stereocenters. The molecule has 3 rings (SSSR count). The summed E-state index contributed by atoms with van der Waals surface area (Å²) in [6.45, 7) is 0.486. The minimum absolute atomic E-state index is 0.186. The maximum absolute atomic E-state index is 12.1. The first-order chi connectivity index (χ1) is 10.8. The minimum Gasteiger partial charge on any atom is -0.347 e. The van der Waals surface area contributed by atoms with E-state index in [4.69, 9.17) is 0 Å². The van der Waals surface area contributed by atoms with E-state index in [9.17, 15) is 4.79 Å². The molecule has 2 aromatic heterocycles. The summed E-state index contributed by atoms with van der Waals surface area (Å²) in [5, 5.41) is 8.29. The molecule has 0 spiro atoms. The summed E-state index contributed by atoms with van der Waals surface area (Å²) in [6.07, 6.45) is 1.70. The molecule has 110 valence electrons. The Bertz CT molecular complexity index is 743. The smallest absolute Gasteiger partial charge is 0.271 e. The third-order valence-corrected chi connectivity index (χ3v) is 3.69. The Morgan fingerprint density at radius 1 is 1.09 bits per heavy atom. The van der Waals surface area contributed by atoms with Crippen molar-refractivity contribution in [2.75, 3.05) is 5.32 Å². The van der Waals surface area contributed by atoms with Crippen LogP contribution in [-0.4, -0.2) is 15.9 Å². The molecule has 2 N–H and O–H groups in total. The van der Waals surface area contributed by atoms with Crippen LogP contribution in [0.5, 0.6) is 0 Å². The predicted octanol–water partition coefficient (Wildman–Crippen LogP) is 3.21. The van der Waals surface area contributed by atoms with Crippen LogP contribution in [0.2, 0.25) is 0 Å². The average molecular weight is 310 g/mol. The van der Waals surface area contributed by atoms with Gasteiger partial charge in [0.25, 0.3) is 5.91 Å². The van der Waals surface area contributed by atoms with Crippen molar-refractivity contribution in [3.05, 3.63) is 71.4 Å². The van der Waals surface area contributed by atoms with E-state index in [1.54, 1.807) is 11.6 Å². The predicted molar refractivity (Wildman–Crippen MR) is 87.2 cm³/mol. The fourth-order valence-electron chi connectivity index (χ4n) is 1.85. The Labute approximate surface area is 132 Å². The van der Waals surface area contributed by atoms with Crippen LogP contribution in [-0.2, 0) is 6.54 Å². The Hall–Kier alpha value is -2.73. The molecule has 0 aliphatic heterocycles. The van der Waals surface area contributed by atoms with Gasteiger partial charge in [-0.1, -0.05) is 36.4 Å². The monoisotopic (exact) mass is 310 g/mol. The number of hydrogen-bond acceptors (Lipinski definition) is 5. The maximum atomic E-state index is 12.1. The lowest BCUT2D eigenvalue weighted by molar-refractivity contribution is 0.0946. The number of hydrogen-bond donors (Lipinski definition) is 2. The van der Waals surface area contributed by atoms with Crippen LogP contribution in [0.4, 0.5) is 10.9 Å². The van der Waals surface area contributed by atoms with Gasteiger partial charge < -0.3 is 10.6 Å². The van der Waals surface area contributed by atoms with Gasteiger partial charge >= 0.3 is 0 Å². The van der Waals surface area contributed by atoms with Gasteiger partial charge in [-0.05, 0) is 17.7 Å². The second-order valence-corrected chi connectivity index (χ2v) is 5.40. The van der Waals surface area contributed by atoms with E-state index in [1.807, 2.05) is 48.5 Å². The SMILES string of the molecule is O=C(NCc1ccccc1)c1csc(Nc2ccccn2)n1. The van der Waals surface area contributed by atoms with Crippen molar-refractivity contribution in [3.8, 4) is 0 Å². The molecule has 0 saturated carbocycles. The lowest BCUT2D eigenvalue weighted by Crippen LogP contribution is -2.23. The average Bonchev–Trinajstić information content (AvgIpc) is 3.03. The molecule has 0 radical (unpaired) electrons. The van der Waals surface area contributed by atoms with Crippen molar-refractivity contribution < 1.29 is 4.79 Å². The summed E-state index contributed by atoms with van der Waals surface area (Å²) < 4.78 is 0. The number of pyridine rings is 1. The van der Waals surface area contributed by atoms with Gasteiger partial charge in [-0.25, -0.2) is 9.97 Å². The van der Waals surface area contributed by atoms with Crippen molar-refractivity contribution in [2.45, 2.75) is 6.54 Å². The van der Waals surface area contributed by atoms with Crippen molar-refractivity contribution in [1.29, 1.82) is 0 Å². The molecule has 6 heteroatoms. The molecule has 5 nitrogen and oxygen atoms in total. The van der Waals surface area contributed by atoms with Gasteiger partial charge in [0.1, 0.15) is 11.5 Å². The zero-order valence-electron chi connectivity index (χ0n) is 11.7. The topological polar surface area (TPSA) is 66.9 Å². The molecule has 3 aromatic rings. The molecule has 0 fully saturated rings. The molecule has 0 aliphatic carbocycles. The summed E-state index contributed by atoms with van der Waals surface area (Å²) in [5.74, 6) is 0.516. The van der Waals surface area contributed by atoms with Gasteiger partial charge in [0.05, 0.1) is 0 Å². The number of aromatic nitrogens is 2. The highest BCUT2D eigenvalue weighted by molar-refractivity contribution is 7.14. The van der Waals surface area contributed by atoms with Gasteiger partial charge in [0.2, 0.25) is 0 Å². The molecular formula is C16H14N4OS. The fourth-order valence-corrected chi connectivity index (χ4v) is 2.55. The van der Waals surface area contributed by atoms with E-state index in [0.717, 1.165) is 5.56 Å². The molecule has 2 heterocycles. The summed E-state index contributed by atoms with van der Waals surface area (Å²) in [4.78, 5) is 20.5. The molecule has 0 bridgehead atoms. The molecule has 0 saturated heterocycles. The Balaban J connectivity index is 1.60. The normalized spacial score (nSPS) is 10.2. The van der Waals surface area contributed by atoms with Gasteiger partial charge in [-0.2, -0.15) is 0 Å². The molecular weight excluding hydrogens is 296 g/mol. The maximum Gasteiger partial charge on any atom is 0.271 e. The summed E-state index contributed by atoms with van der Waals surface area (Å²) in [5.41, 5.74) is 1.46. The lowest BCUT2D eigenvalue weighted by atomic mass is 10.2. The third-order valence-electron chi connectivity index (χ3n) is 2.93. The Morgan fingerprint density at radius 3 is 2.68 bits per heavy atom. The van der Waals surface area contributed by atoms with Crippen LogP contribution in [0.3, 0.4) is 0 Å². The van der Waals surface area contributed by atoms with Crippen molar-refractivity contribution in [3.63, 3.8) is 0 Å². The third kappa shape index (κ3) is 3.67. The van der Waals surface area contributed by atoms with Gasteiger partial charge in [0, 0.05) is 18.1 Å². The second kappa shape index (κ2) is 6.82. The number of benzene rings is 1. The van der Waals surface area contributed by atoms with Gasteiger partial charge in [0.15, 0.2) is 5.13 Å². The summed E-state index contributed by atoms with van der Waals surface area (Å²) >= 11 is 1.37. The zero-order valence-corrected chi connectivity index (χ0v) is 12.5. The Kier molecular flexibility index (Phi) is 4.41. The quantitative estimate of drug-likeness (QED) is 0.759. The first-order valence-corrected chi connectivity index (χ1v) is 7.65. The van der Waals surface area contributed by atoms with Crippen LogP contribution >= 0.6 is 11.3 Å². The van der Waals surface area contributed by atoms with E-state index in [1.165, 1.54) is 11.3 Å². The van der Waals surface area contributed by atoms with E-state index in [2.05, 4.69) is 20.6 Å². The first-order valence-electron chi connectivity index (χ1n) is 6.77. The number of nitrogens with one attached hydrogen (secondary N) is 2.